The number of nitrogens with zero attached hydrogens (tertiary/aromatic N) is 1. The quantitative estimate of drug-likeness (QED) is 0.735. The van der Waals surface area contributed by atoms with Crippen molar-refractivity contribution in [1.29, 1.82) is 0 Å². The van der Waals surface area contributed by atoms with Crippen LogP contribution >= 0.6 is 0 Å². The summed E-state index contributed by atoms with van der Waals surface area (Å²) < 4.78 is 22.5. The molecule has 1 aliphatic rings. The van der Waals surface area contributed by atoms with Gasteiger partial charge in [-0.05, 0) is 26.3 Å². The topological polar surface area (TPSA) is 80.5 Å². The molecule has 0 aromatic rings. The number of hydrogen-bond acceptors (Lipinski definition) is 4. The summed E-state index contributed by atoms with van der Waals surface area (Å²) in [6, 6.07) is 0.0702. The summed E-state index contributed by atoms with van der Waals surface area (Å²) in [5, 5.41) is 0. The summed E-state index contributed by atoms with van der Waals surface area (Å²) in [5.74, 6) is -0.272. The maximum absolute atomic E-state index is 12.0. The summed E-state index contributed by atoms with van der Waals surface area (Å²) in [6.07, 6.45) is 1.20. The van der Waals surface area contributed by atoms with Gasteiger partial charge in [-0.25, -0.2) is 8.42 Å². The molecule has 1 saturated heterocycles. The predicted molar refractivity (Wildman–Crippen MR) is 62.7 cm³/mol. The highest BCUT2D eigenvalue weighted by Crippen LogP contribution is 2.21. The van der Waals surface area contributed by atoms with Crippen LogP contribution in [0.5, 0.6) is 0 Å². The van der Waals surface area contributed by atoms with E-state index in [4.69, 9.17) is 5.73 Å². The van der Waals surface area contributed by atoms with E-state index in [1.54, 1.807) is 11.9 Å². The number of sulfone groups is 1. The number of amides is 1. The van der Waals surface area contributed by atoms with Gasteiger partial charge in [0.25, 0.3) is 0 Å². The predicted octanol–water partition coefficient (Wildman–Crippen LogP) is -0.383. The molecular formula is C10H20N2O3S. The largest absolute Gasteiger partial charge is 0.343 e. The van der Waals surface area contributed by atoms with Crippen LogP contribution in [-0.4, -0.2) is 50.4 Å². The van der Waals surface area contributed by atoms with E-state index in [0.717, 1.165) is 6.42 Å². The lowest BCUT2D eigenvalue weighted by molar-refractivity contribution is -0.135. The summed E-state index contributed by atoms with van der Waals surface area (Å²) >= 11 is 0. The Balaban J connectivity index is 2.58. The number of rotatable bonds is 4. The van der Waals surface area contributed by atoms with Gasteiger partial charge >= 0.3 is 0 Å². The zero-order chi connectivity index (χ0) is 12.3. The molecular weight excluding hydrogens is 228 g/mol. The average Bonchev–Trinajstić information content (AvgIpc) is 2.57. The molecule has 2 N–H and O–H groups in total. The Morgan fingerprint density at radius 2 is 2.19 bits per heavy atom. The molecule has 0 aromatic heterocycles. The second-order valence-corrected chi connectivity index (χ2v) is 6.70. The van der Waals surface area contributed by atoms with Gasteiger partial charge in [0.2, 0.25) is 5.91 Å². The van der Waals surface area contributed by atoms with Crippen molar-refractivity contribution in [3.8, 4) is 0 Å². The van der Waals surface area contributed by atoms with Gasteiger partial charge in [0.05, 0.1) is 17.4 Å². The van der Waals surface area contributed by atoms with Crippen LogP contribution in [0.25, 0.3) is 0 Å². The SMILES string of the molecule is CC(CCN)N(C)C(=O)C1CCS(=O)(=O)C1. The minimum atomic E-state index is -2.98. The average molecular weight is 248 g/mol. The molecule has 0 spiro atoms. The lowest BCUT2D eigenvalue weighted by atomic mass is 10.1. The van der Waals surface area contributed by atoms with Crippen molar-refractivity contribution >= 4 is 15.7 Å². The molecule has 1 rings (SSSR count). The van der Waals surface area contributed by atoms with E-state index in [0.29, 0.717) is 13.0 Å². The molecule has 1 amide bonds. The molecule has 2 unspecified atom stereocenters. The van der Waals surface area contributed by atoms with Crippen LogP contribution in [0.15, 0.2) is 0 Å². The second-order valence-electron chi connectivity index (χ2n) is 4.48. The molecule has 6 heteroatoms. The molecule has 1 heterocycles. The van der Waals surface area contributed by atoms with Crippen LogP contribution in [0, 0.1) is 5.92 Å². The minimum Gasteiger partial charge on any atom is -0.343 e. The summed E-state index contributed by atoms with van der Waals surface area (Å²) in [6.45, 7) is 2.45. The van der Waals surface area contributed by atoms with E-state index < -0.39 is 9.84 Å². The Kier molecular flexibility index (Phi) is 4.32. The van der Waals surface area contributed by atoms with Gasteiger partial charge in [0.1, 0.15) is 0 Å². The fraction of sp³-hybridized carbons (Fsp3) is 0.900. The molecule has 0 radical (unpaired) electrons. The Hall–Kier alpha value is -0.620. The van der Waals surface area contributed by atoms with Crippen LogP contribution < -0.4 is 5.73 Å². The van der Waals surface area contributed by atoms with Gasteiger partial charge in [0.15, 0.2) is 9.84 Å². The Morgan fingerprint density at radius 1 is 1.56 bits per heavy atom. The number of carbonyl (C=O) groups is 1. The van der Waals surface area contributed by atoms with Gasteiger partial charge < -0.3 is 10.6 Å². The highest BCUT2D eigenvalue weighted by Gasteiger charge is 2.35. The standard InChI is InChI=1S/C10H20N2O3S/c1-8(3-5-11)12(2)10(13)9-4-6-16(14,15)7-9/h8-9H,3-7,11H2,1-2H3. The molecule has 0 aliphatic carbocycles. The van der Waals surface area contributed by atoms with E-state index in [9.17, 15) is 13.2 Å². The van der Waals surface area contributed by atoms with E-state index in [1.807, 2.05) is 6.92 Å². The highest BCUT2D eigenvalue weighted by atomic mass is 32.2. The maximum atomic E-state index is 12.0. The van der Waals surface area contributed by atoms with Crippen LogP contribution in [-0.2, 0) is 14.6 Å². The molecule has 0 bridgehead atoms. The third-order valence-electron chi connectivity index (χ3n) is 3.17. The maximum Gasteiger partial charge on any atom is 0.226 e. The zero-order valence-corrected chi connectivity index (χ0v) is 10.7. The second kappa shape index (κ2) is 5.14. The molecule has 0 aromatic carbocycles. The number of nitrogens with two attached hydrogens (primary N) is 1. The third kappa shape index (κ3) is 3.18. The Morgan fingerprint density at radius 3 is 2.62 bits per heavy atom. The van der Waals surface area contributed by atoms with Crippen molar-refractivity contribution < 1.29 is 13.2 Å². The fourth-order valence-electron chi connectivity index (χ4n) is 1.93. The first-order valence-electron chi connectivity index (χ1n) is 5.54. The molecule has 16 heavy (non-hydrogen) atoms. The third-order valence-corrected chi connectivity index (χ3v) is 4.94. The van der Waals surface area contributed by atoms with E-state index >= 15 is 0 Å². The molecule has 94 valence electrons. The molecule has 2 atom stereocenters. The first-order valence-corrected chi connectivity index (χ1v) is 7.36. The van der Waals surface area contributed by atoms with Crippen molar-refractivity contribution in [1.82, 2.24) is 4.90 Å². The number of hydrogen-bond donors (Lipinski definition) is 1. The minimum absolute atomic E-state index is 0.00547. The summed E-state index contributed by atoms with van der Waals surface area (Å²) in [4.78, 5) is 13.6. The lowest BCUT2D eigenvalue weighted by Gasteiger charge is -2.26. The first-order chi connectivity index (χ1) is 7.37. The van der Waals surface area contributed by atoms with Gasteiger partial charge in [-0.2, -0.15) is 0 Å². The molecule has 0 saturated carbocycles. The molecule has 5 nitrogen and oxygen atoms in total. The summed E-state index contributed by atoms with van der Waals surface area (Å²) in [7, 11) is -1.27. The van der Waals surface area contributed by atoms with E-state index in [1.165, 1.54) is 0 Å². The lowest BCUT2D eigenvalue weighted by Crippen LogP contribution is -2.40. The van der Waals surface area contributed by atoms with Crippen LogP contribution in [0.4, 0.5) is 0 Å². The van der Waals surface area contributed by atoms with E-state index in [-0.39, 0.29) is 29.4 Å². The monoisotopic (exact) mass is 248 g/mol. The van der Waals surface area contributed by atoms with Crippen molar-refractivity contribution in [2.24, 2.45) is 11.7 Å². The van der Waals surface area contributed by atoms with Crippen LogP contribution in [0.2, 0.25) is 0 Å². The zero-order valence-electron chi connectivity index (χ0n) is 9.85. The Bertz CT molecular complexity index is 353. The van der Waals surface area contributed by atoms with Crippen molar-refractivity contribution in [2.45, 2.75) is 25.8 Å². The van der Waals surface area contributed by atoms with Crippen LogP contribution in [0.1, 0.15) is 19.8 Å². The fourth-order valence-corrected chi connectivity index (χ4v) is 3.66. The first kappa shape index (κ1) is 13.4. The van der Waals surface area contributed by atoms with Gasteiger partial charge in [-0.3, -0.25) is 4.79 Å². The molecule has 1 aliphatic heterocycles. The number of carbonyl (C=O) groups excluding carboxylic acids is 1. The van der Waals surface area contributed by atoms with E-state index in [2.05, 4.69) is 0 Å². The summed E-state index contributed by atoms with van der Waals surface area (Å²) in [5.41, 5.74) is 5.43. The van der Waals surface area contributed by atoms with Crippen LogP contribution in [0.3, 0.4) is 0 Å². The smallest absolute Gasteiger partial charge is 0.226 e. The van der Waals surface area contributed by atoms with Crippen molar-refractivity contribution in [3.63, 3.8) is 0 Å². The Labute approximate surface area is 96.9 Å². The van der Waals surface area contributed by atoms with Crippen molar-refractivity contribution in [3.05, 3.63) is 0 Å². The van der Waals surface area contributed by atoms with Gasteiger partial charge in [0, 0.05) is 13.1 Å². The van der Waals surface area contributed by atoms with Crippen molar-refractivity contribution in [2.75, 3.05) is 25.1 Å². The molecule has 1 fully saturated rings. The highest BCUT2D eigenvalue weighted by molar-refractivity contribution is 7.91. The normalized spacial score (nSPS) is 25.3. The van der Waals surface area contributed by atoms with Gasteiger partial charge in [-0.1, -0.05) is 0 Å². The van der Waals surface area contributed by atoms with Gasteiger partial charge in [-0.15, -0.1) is 0 Å².